The molecule has 1 aliphatic heterocycles. The van der Waals surface area contributed by atoms with Crippen LogP contribution in [-0.2, 0) is 14.8 Å². The normalized spacial score (nSPS) is 15.8. The van der Waals surface area contributed by atoms with E-state index in [0.29, 0.717) is 24.3 Å². The maximum atomic E-state index is 11.7. The minimum atomic E-state index is -3.47. The van der Waals surface area contributed by atoms with Gasteiger partial charge in [0.15, 0.2) is 0 Å². The van der Waals surface area contributed by atoms with Gasteiger partial charge in [0.25, 0.3) is 0 Å². The Morgan fingerprint density at radius 2 is 2.05 bits per heavy atom. The summed E-state index contributed by atoms with van der Waals surface area (Å²) in [7, 11) is -3.47. The molecule has 0 radical (unpaired) electrons. The Labute approximate surface area is 117 Å². The number of carbonyl (C=O) groups is 1. The van der Waals surface area contributed by atoms with Crippen molar-refractivity contribution >= 4 is 38.9 Å². The standard InChI is InChI=1S/C12H15ClN2O3S/c13-7-9-19(17,18)14-10-4-1-2-5-11(10)15-8-3-6-12(15)16/h1-2,4-5,14H,3,6-9H2. The molecule has 0 unspecified atom stereocenters. The molecule has 1 fully saturated rings. The Hall–Kier alpha value is -1.27. The molecular formula is C12H15ClN2O3S. The molecule has 1 aromatic rings. The van der Waals surface area contributed by atoms with Crippen molar-refractivity contribution in [1.82, 2.24) is 0 Å². The first-order chi connectivity index (χ1) is 9.03. The second-order valence-electron chi connectivity index (χ2n) is 4.28. The number of carbonyl (C=O) groups excluding carboxylic acids is 1. The van der Waals surface area contributed by atoms with Crippen molar-refractivity contribution in [3.63, 3.8) is 0 Å². The average molecular weight is 303 g/mol. The minimum absolute atomic E-state index is 0.0176. The summed E-state index contributed by atoms with van der Waals surface area (Å²) in [4.78, 5) is 13.4. The van der Waals surface area contributed by atoms with Crippen LogP contribution < -0.4 is 9.62 Å². The number of para-hydroxylation sites is 2. The summed E-state index contributed by atoms with van der Waals surface area (Å²) in [6, 6.07) is 6.89. The van der Waals surface area contributed by atoms with E-state index in [1.807, 2.05) is 0 Å². The number of amides is 1. The minimum Gasteiger partial charge on any atom is -0.310 e. The predicted octanol–water partition coefficient (Wildman–Crippen LogP) is 1.79. The number of nitrogens with zero attached hydrogens (tertiary/aromatic N) is 1. The molecule has 1 saturated heterocycles. The van der Waals surface area contributed by atoms with E-state index in [1.54, 1.807) is 29.2 Å². The molecule has 1 aromatic carbocycles. The summed E-state index contributed by atoms with van der Waals surface area (Å²) >= 11 is 5.46. The number of sulfonamides is 1. The lowest BCUT2D eigenvalue weighted by molar-refractivity contribution is -0.117. The lowest BCUT2D eigenvalue weighted by atomic mass is 10.2. The first-order valence-electron chi connectivity index (χ1n) is 5.99. The molecule has 7 heteroatoms. The molecule has 0 bridgehead atoms. The van der Waals surface area contributed by atoms with Crippen molar-refractivity contribution in [3.8, 4) is 0 Å². The zero-order valence-corrected chi connectivity index (χ0v) is 11.9. The van der Waals surface area contributed by atoms with Crippen LogP contribution in [-0.4, -0.2) is 32.5 Å². The fraction of sp³-hybridized carbons (Fsp3) is 0.417. The Morgan fingerprint density at radius 1 is 1.32 bits per heavy atom. The second kappa shape index (κ2) is 5.79. The summed E-state index contributed by atoms with van der Waals surface area (Å²) in [6.45, 7) is 0.618. The van der Waals surface area contributed by atoms with Crippen molar-refractivity contribution < 1.29 is 13.2 Å². The number of halogens is 1. The monoisotopic (exact) mass is 302 g/mol. The highest BCUT2D eigenvalue weighted by Crippen LogP contribution is 2.29. The fourth-order valence-electron chi connectivity index (χ4n) is 2.02. The van der Waals surface area contributed by atoms with Gasteiger partial charge in [0.05, 0.1) is 17.1 Å². The van der Waals surface area contributed by atoms with Crippen molar-refractivity contribution in [1.29, 1.82) is 0 Å². The van der Waals surface area contributed by atoms with Gasteiger partial charge in [-0.3, -0.25) is 9.52 Å². The maximum Gasteiger partial charge on any atom is 0.233 e. The van der Waals surface area contributed by atoms with E-state index in [0.717, 1.165) is 6.42 Å². The summed E-state index contributed by atoms with van der Waals surface area (Å²) in [6.07, 6.45) is 1.30. The highest BCUT2D eigenvalue weighted by Gasteiger charge is 2.24. The lowest BCUT2D eigenvalue weighted by Crippen LogP contribution is -2.26. The third-order valence-electron chi connectivity index (χ3n) is 2.88. The number of hydrogen-bond donors (Lipinski definition) is 1. The summed E-state index contributed by atoms with van der Waals surface area (Å²) in [5.74, 6) is -0.110. The zero-order valence-electron chi connectivity index (χ0n) is 10.3. The van der Waals surface area contributed by atoms with E-state index in [-0.39, 0.29) is 17.5 Å². The number of anilines is 2. The van der Waals surface area contributed by atoms with E-state index in [1.165, 1.54) is 0 Å². The number of rotatable bonds is 5. The fourth-order valence-corrected chi connectivity index (χ4v) is 3.44. The molecule has 1 aliphatic rings. The SMILES string of the molecule is O=C1CCCN1c1ccccc1NS(=O)(=O)CCCl. The first-order valence-corrected chi connectivity index (χ1v) is 8.18. The molecule has 0 spiro atoms. The highest BCUT2D eigenvalue weighted by atomic mass is 35.5. The van der Waals surface area contributed by atoms with Crippen LogP contribution in [0.4, 0.5) is 11.4 Å². The van der Waals surface area contributed by atoms with Crippen molar-refractivity contribution in [3.05, 3.63) is 24.3 Å². The molecule has 104 valence electrons. The van der Waals surface area contributed by atoms with E-state index in [4.69, 9.17) is 11.6 Å². The first kappa shape index (κ1) is 14.1. The molecule has 19 heavy (non-hydrogen) atoms. The van der Waals surface area contributed by atoms with Crippen LogP contribution in [0.25, 0.3) is 0 Å². The average Bonchev–Trinajstić information content (AvgIpc) is 2.75. The third kappa shape index (κ3) is 3.39. The van der Waals surface area contributed by atoms with Gasteiger partial charge in [0, 0.05) is 18.8 Å². The zero-order chi connectivity index (χ0) is 13.9. The van der Waals surface area contributed by atoms with Gasteiger partial charge in [0.1, 0.15) is 0 Å². The van der Waals surface area contributed by atoms with Gasteiger partial charge in [0.2, 0.25) is 15.9 Å². The Balaban J connectivity index is 2.29. The van der Waals surface area contributed by atoms with E-state index < -0.39 is 10.0 Å². The van der Waals surface area contributed by atoms with Crippen LogP contribution in [0.2, 0.25) is 0 Å². The molecule has 5 nitrogen and oxygen atoms in total. The van der Waals surface area contributed by atoms with Crippen LogP contribution in [0.15, 0.2) is 24.3 Å². The van der Waals surface area contributed by atoms with Crippen LogP contribution in [0, 0.1) is 0 Å². The number of hydrogen-bond acceptors (Lipinski definition) is 3. The molecule has 0 saturated carbocycles. The van der Waals surface area contributed by atoms with E-state index in [9.17, 15) is 13.2 Å². The van der Waals surface area contributed by atoms with Crippen molar-refractivity contribution in [2.45, 2.75) is 12.8 Å². The molecular weight excluding hydrogens is 288 g/mol. The Kier molecular flexibility index (Phi) is 4.31. The van der Waals surface area contributed by atoms with Gasteiger partial charge in [-0.1, -0.05) is 12.1 Å². The topological polar surface area (TPSA) is 66.5 Å². The molecule has 1 amide bonds. The third-order valence-corrected chi connectivity index (χ3v) is 4.57. The molecule has 0 aromatic heterocycles. The Morgan fingerprint density at radius 3 is 2.68 bits per heavy atom. The Bertz CT molecular complexity index is 574. The van der Waals surface area contributed by atoms with Crippen molar-refractivity contribution in [2.75, 3.05) is 27.8 Å². The molecule has 1 heterocycles. The molecule has 1 N–H and O–H groups in total. The van der Waals surface area contributed by atoms with Crippen molar-refractivity contribution in [2.24, 2.45) is 0 Å². The lowest BCUT2D eigenvalue weighted by Gasteiger charge is -2.20. The maximum absolute atomic E-state index is 11.7. The quantitative estimate of drug-likeness (QED) is 0.843. The smallest absolute Gasteiger partial charge is 0.233 e. The number of alkyl halides is 1. The second-order valence-corrected chi connectivity index (χ2v) is 6.50. The van der Waals surface area contributed by atoms with Gasteiger partial charge in [-0.25, -0.2) is 8.42 Å². The van der Waals surface area contributed by atoms with Gasteiger partial charge in [-0.15, -0.1) is 11.6 Å². The van der Waals surface area contributed by atoms with E-state index in [2.05, 4.69) is 4.72 Å². The molecule has 0 aliphatic carbocycles. The van der Waals surface area contributed by atoms with Gasteiger partial charge < -0.3 is 4.90 Å². The van der Waals surface area contributed by atoms with Crippen LogP contribution in [0.1, 0.15) is 12.8 Å². The number of benzene rings is 1. The summed E-state index contributed by atoms with van der Waals surface area (Å²) in [5, 5.41) is 0. The van der Waals surface area contributed by atoms with E-state index >= 15 is 0 Å². The van der Waals surface area contributed by atoms with Crippen LogP contribution in [0.5, 0.6) is 0 Å². The summed E-state index contributed by atoms with van der Waals surface area (Å²) in [5.41, 5.74) is 1.02. The molecule has 2 rings (SSSR count). The summed E-state index contributed by atoms with van der Waals surface area (Å²) < 4.78 is 26.0. The van der Waals surface area contributed by atoms with Crippen LogP contribution in [0.3, 0.4) is 0 Å². The highest BCUT2D eigenvalue weighted by molar-refractivity contribution is 7.92. The van der Waals surface area contributed by atoms with Gasteiger partial charge in [-0.05, 0) is 18.6 Å². The molecule has 0 atom stereocenters. The number of nitrogens with one attached hydrogen (secondary N) is 1. The van der Waals surface area contributed by atoms with Gasteiger partial charge in [-0.2, -0.15) is 0 Å². The predicted molar refractivity (Wildman–Crippen MR) is 76.2 cm³/mol. The van der Waals surface area contributed by atoms with Gasteiger partial charge >= 0.3 is 0 Å². The largest absolute Gasteiger partial charge is 0.310 e. The van der Waals surface area contributed by atoms with Crippen LogP contribution >= 0.6 is 11.6 Å².